The van der Waals surface area contributed by atoms with Crippen molar-refractivity contribution in [2.45, 2.75) is 25.0 Å². The van der Waals surface area contributed by atoms with Gasteiger partial charge in [-0.1, -0.05) is 12.2 Å². The maximum absolute atomic E-state index is 5.48. The highest BCUT2D eigenvalue weighted by molar-refractivity contribution is 5.09. The maximum Gasteiger partial charge on any atom is 0.0764 e. The summed E-state index contributed by atoms with van der Waals surface area (Å²) in [5.74, 6) is 0.667. The van der Waals surface area contributed by atoms with Crippen LogP contribution in [0.4, 0.5) is 0 Å². The number of methoxy groups -OCH3 is 1. The van der Waals surface area contributed by atoms with Crippen LogP contribution in [0.3, 0.4) is 0 Å². The minimum Gasteiger partial charge on any atom is -0.379 e. The van der Waals surface area contributed by atoms with Crippen LogP contribution in [0, 0.1) is 5.92 Å². The fourth-order valence-corrected chi connectivity index (χ4v) is 2.47. The van der Waals surface area contributed by atoms with Crippen LogP contribution in [-0.4, -0.2) is 32.5 Å². The van der Waals surface area contributed by atoms with E-state index in [9.17, 15) is 0 Å². The first-order chi connectivity index (χ1) is 6.31. The van der Waals surface area contributed by atoms with Crippen molar-refractivity contribution in [3.05, 3.63) is 12.2 Å². The molecule has 2 rings (SSSR count). The number of hydrogen-bond acceptors (Lipinski definition) is 3. The molecule has 3 heteroatoms. The topological polar surface area (TPSA) is 33.3 Å². The monoisotopic (exact) mass is 182 g/mol. The Morgan fingerprint density at radius 2 is 2.31 bits per heavy atom. The molecule has 1 saturated heterocycles. The number of nitrogens with one attached hydrogen (secondary N) is 2. The molecule has 0 aromatic heterocycles. The van der Waals surface area contributed by atoms with E-state index in [1.165, 1.54) is 5.57 Å². The third-order valence-electron chi connectivity index (χ3n) is 3.12. The average molecular weight is 182 g/mol. The van der Waals surface area contributed by atoms with E-state index in [4.69, 9.17) is 4.74 Å². The Morgan fingerprint density at radius 3 is 3.08 bits per heavy atom. The lowest BCUT2D eigenvalue weighted by atomic mass is 9.79. The van der Waals surface area contributed by atoms with Gasteiger partial charge < -0.3 is 10.1 Å². The highest BCUT2D eigenvalue weighted by atomic mass is 16.5. The molecule has 2 N–H and O–H groups in total. The third kappa shape index (κ3) is 1.77. The first-order valence-electron chi connectivity index (χ1n) is 4.95. The van der Waals surface area contributed by atoms with Gasteiger partial charge in [-0.25, -0.2) is 0 Å². The molecule has 1 saturated carbocycles. The van der Waals surface area contributed by atoms with Crippen LogP contribution in [0.5, 0.6) is 0 Å². The molecule has 0 bridgehead atoms. The van der Waals surface area contributed by atoms with Crippen LogP contribution in [0.2, 0.25) is 0 Å². The van der Waals surface area contributed by atoms with Gasteiger partial charge in [0.15, 0.2) is 0 Å². The van der Waals surface area contributed by atoms with Crippen molar-refractivity contribution in [2.24, 2.45) is 5.92 Å². The van der Waals surface area contributed by atoms with E-state index in [0.29, 0.717) is 18.1 Å². The highest BCUT2D eigenvalue weighted by Gasteiger charge is 2.36. The van der Waals surface area contributed by atoms with Gasteiger partial charge in [0.2, 0.25) is 0 Å². The van der Waals surface area contributed by atoms with Crippen molar-refractivity contribution in [2.75, 3.05) is 20.3 Å². The molecule has 3 nitrogen and oxygen atoms in total. The fraction of sp³-hybridized carbons (Fsp3) is 0.800. The number of hydrogen-bond donors (Lipinski definition) is 2. The van der Waals surface area contributed by atoms with Gasteiger partial charge in [0.05, 0.1) is 6.10 Å². The van der Waals surface area contributed by atoms with Gasteiger partial charge in [-0.2, -0.15) is 0 Å². The second kappa shape index (κ2) is 3.78. The zero-order valence-corrected chi connectivity index (χ0v) is 8.18. The van der Waals surface area contributed by atoms with Gasteiger partial charge in [0.25, 0.3) is 0 Å². The molecule has 0 spiro atoms. The van der Waals surface area contributed by atoms with Crippen molar-refractivity contribution >= 4 is 0 Å². The molecule has 13 heavy (non-hydrogen) atoms. The fourth-order valence-electron chi connectivity index (χ4n) is 2.47. The van der Waals surface area contributed by atoms with Crippen LogP contribution in [0.15, 0.2) is 12.2 Å². The van der Waals surface area contributed by atoms with Crippen molar-refractivity contribution < 1.29 is 4.74 Å². The lowest BCUT2D eigenvalue weighted by Crippen LogP contribution is -2.58. The van der Waals surface area contributed by atoms with E-state index in [1.807, 2.05) is 0 Å². The summed E-state index contributed by atoms with van der Waals surface area (Å²) in [6, 6.07) is 0.525. The zero-order valence-electron chi connectivity index (χ0n) is 8.18. The SMILES string of the molecule is C=C1CC2CNCNC2C(OC)C1. The summed E-state index contributed by atoms with van der Waals surface area (Å²) in [6.07, 6.45) is 2.49. The molecule has 1 aliphatic heterocycles. The third-order valence-corrected chi connectivity index (χ3v) is 3.12. The summed E-state index contributed by atoms with van der Waals surface area (Å²) < 4.78 is 5.48. The van der Waals surface area contributed by atoms with E-state index in [-0.39, 0.29) is 0 Å². The summed E-state index contributed by atoms with van der Waals surface area (Å²) in [4.78, 5) is 0. The van der Waals surface area contributed by atoms with Crippen LogP contribution in [-0.2, 0) is 4.74 Å². The Hall–Kier alpha value is -0.380. The van der Waals surface area contributed by atoms with Gasteiger partial charge in [0, 0.05) is 26.4 Å². The lowest BCUT2D eigenvalue weighted by molar-refractivity contribution is 0.0234. The molecular weight excluding hydrogens is 164 g/mol. The second-order valence-corrected chi connectivity index (χ2v) is 4.05. The van der Waals surface area contributed by atoms with Crippen LogP contribution < -0.4 is 10.6 Å². The van der Waals surface area contributed by atoms with E-state index >= 15 is 0 Å². The summed E-state index contributed by atoms with van der Waals surface area (Å²) >= 11 is 0. The summed E-state index contributed by atoms with van der Waals surface area (Å²) in [5.41, 5.74) is 1.33. The first-order valence-corrected chi connectivity index (χ1v) is 4.95. The van der Waals surface area contributed by atoms with Crippen LogP contribution >= 0.6 is 0 Å². The summed E-state index contributed by atoms with van der Waals surface area (Å²) in [5, 5.41) is 6.81. The van der Waals surface area contributed by atoms with Gasteiger partial charge in [-0.3, -0.25) is 5.32 Å². The zero-order chi connectivity index (χ0) is 9.26. The molecule has 2 aliphatic rings. The van der Waals surface area contributed by atoms with Crippen molar-refractivity contribution in [1.29, 1.82) is 0 Å². The van der Waals surface area contributed by atoms with Crippen LogP contribution in [0.1, 0.15) is 12.8 Å². The van der Waals surface area contributed by atoms with E-state index in [2.05, 4.69) is 17.2 Å². The molecule has 3 atom stereocenters. The summed E-state index contributed by atoms with van der Waals surface area (Å²) in [6.45, 7) is 6.07. The quantitative estimate of drug-likeness (QED) is 0.579. The maximum atomic E-state index is 5.48. The number of ether oxygens (including phenoxy) is 1. The molecule has 2 fully saturated rings. The lowest BCUT2D eigenvalue weighted by Gasteiger charge is -2.42. The molecule has 74 valence electrons. The summed E-state index contributed by atoms with van der Waals surface area (Å²) in [7, 11) is 1.80. The van der Waals surface area contributed by atoms with Crippen LogP contribution in [0.25, 0.3) is 0 Å². The Labute approximate surface area is 79.5 Å². The minimum atomic E-state index is 0.327. The predicted octanol–water partition coefficient (Wildman–Crippen LogP) is 0.486. The Morgan fingerprint density at radius 1 is 1.46 bits per heavy atom. The molecule has 1 aliphatic carbocycles. The Balaban J connectivity index is 2.07. The number of rotatable bonds is 1. The van der Waals surface area contributed by atoms with Gasteiger partial charge in [0.1, 0.15) is 0 Å². The van der Waals surface area contributed by atoms with Gasteiger partial charge >= 0.3 is 0 Å². The van der Waals surface area contributed by atoms with Gasteiger partial charge in [-0.15, -0.1) is 0 Å². The second-order valence-electron chi connectivity index (χ2n) is 4.05. The smallest absolute Gasteiger partial charge is 0.0764 e. The largest absolute Gasteiger partial charge is 0.379 e. The minimum absolute atomic E-state index is 0.327. The molecule has 1 heterocycles. The Bertz CT molecular complexity index is 195. The predicted molar refractivity (Wildman–Crippen MR) is 52.5 cm³/mol. The highest BCUT2D eigenvalue weighted by Crippen LogP contribution is 2.30. The van der Waals surface area contributed by atoms with Crippen molar-refractivity contribution in [3.63, 3.8) is 0 Å². The van der Waals surface area contributed by atoms with E-state index in [1.54, 1.807) is 7.11 Å². The molecule has 0 aromatic rings. The number of fused-ring (bicyclic) bond motifs is 1. The standard InChI is InChI=1S/C10H18N2O/c1-7-3-8-5-11-6-12-10(8)9(4-7)13-2/h8-12H,1,3-6H2,2H3. The van der Waals surface area contributed by atoms with Crippen molar-refractivity contribution in [3.8, 4) is 0 Å². The van der Waals surface area contributed by atoms with E-state index in [0.717, 1.165) is 26.1 Å². The molecular formula is C10H18N2O. The Kier molecular flexibility index (Phi) is 2.67. The first kappa shape index (κ1) is 9.19. The normalized spacial score (nSPS) is 40.1. The average Bonchev–Trinajstić information content (AvgIpc) is 2.16. The molecule has 3 unspecified atom stereocenters. The molecule has 0 aromatic carbocycles. The molecule has 0 amide bonds. The van der Waals surface area contributed by atoms with E-state index < -0.39 is 0 Å². The van der Waals surface area contributed by atoms with Gasteiger partial charge in [-0.05, 0) is 18.8 Å². The molecule has 0 radical (unpaired) electrons. The van der Waals surface area contributed by atoms with Crippen molar-refractivity contribution in [1.82, 2.24) is 10.6 Å².